The third-order valence-corrected chi connectivity index (χ3v) is 7.50. The number of carbonyl (C=O) groups excluding carboxylic acids is 1. The largest absolute Gasteiger partial charge is 0.366 e. The maximum atomic E-state index is 12.5. The standard InChI is InChI=1S/C19H30O3/c1-11-13-9-15(20)12(2)14(11)5-7-18(3)16(21-18)6-8-19(4)17(10-13)22-19/h11-14,16-17H,5-10H2,1-4H3. The van der Waals surface area contributed by atoms with Crippen molar-refractivity contribution in [1.82, 2.24) is 0 Å². The van der Waals surface area contributed by atoms with Gasteiger partial charge < -0.3 is 9.47 Å². The van der Waals surface area contributed by atoms with Gasteiger partial charge in [-0.3, -0.25) is 4.79 Å². The van der Waals surface area contributed by atoms with Crippen molar-refractivity contribution >= 4 is 5.78 Å². The van der Waals surface area contributed by atoms with Crippen molar-refractivity contribution < 1.29 is 14.3 Å². The molecule has 4 rings (SSSR count). The van der Waals surface area contributed by atoms with Gasteiger partial charge in [0.25, 0.3) is 0 Å². The van der Waals surface area contributed by atoms with Crippen molar-refractivity contribution in [3.05, 3.63) is 0 Å². The predicted molar refractivity (Wildman–Crippen MR) is 84.6 cm³/mol. The molecule has 3 nitrogen and oxygen atoms in total. The summed E-state index contributed by atoms with van der Waals surface area (Å²) in [7, 11) is 0. The van der Waals surface area contributed by atoms with E-state index in [-0.39, 0.29) is 17.1 Å². The predicted octanol–water partition coefficient (Wildman–Crippen LogP) is 3.74. The van der Waals surface area contributed by atoms with E-state index in [1.807, 2.05) is 0 Å². The van der Waals surface area contributed by atoms with Crippen LogP contribution in [0.1, 0.15) is 66.2 Å². The molecule has 0 spiro atoms. The van der Waals surface area contributed by atoms with E-state index in [0.717, 1.165) is 38.5 Å². The molecule has 4 aliphatic rings. The third-order valence-electron chi connectivity index (χ3n) is 7.50. The molecule has 8 unspecified atom stereocenters. The smallest absolute Gasteiger partial charge is 0.136 e. The quantitative estimate of drug-likeness (QED) is 0.640. The van der Waals surface area contributed by atoms with E-state index < -0.39 is 0 Å². The van der Waals surface area contributed by atoms with E-state index in [4.69, 9.17) is 9.47 Å². The van der Waals surface area contributed by atoms with Crippen LogP contribution in [0.4, 0.5) is 0 Å². The molecule has 4 fully saturated rings. The van der Waals surface area contributed by atoms with Crippen LogP contribution in [0.3, 0.4) is 0 Å². The summed E-state index contributed by atoms with van der Waals surface area (Å²) in [6, 6.07) is 0. The van der Waals surface area contributed by atoms with Crippen LogP contribution in [0.25, 0.3) is 0 Å². The highest BCUT2D eigenvalue weighted by atomic mass is 16.6. The maximum Gasteiger partial charge on any atom is 0.136 e. The summed E-state index contributed by atoms with van der Waals surface area (Å²) in [4.78, 5) is 12.5. The second-order valence-electron chi connectivity index (χ2n) is 8.89. The lowest BCUT2D eigenvalue weighted by atomic mass is 9.63. The van der Waals surface area contributed by atoms with Crippen LogP contribution in [0.2, 0.25) is 0 Å². The normalized spacial score (nSPS) is 57.9. The first-order valence-electron chi connectivity index (χ1n) is 9.21. The zero-order valence-electron chi connectivity index (χ0n) is 14.4. The van der Waals surface area contributed by atoms with Gasteiger partial charge >= 0.3 is 0 Å². The van der Waals surface area contributed by atoms with Gasteiger partial charge in [0.2, 0.25) is 0 Å². The second-order valence-corrected chi connectivity index (χ2v) is 8.89. The van der Waals surface area contributed by atoms with Gasteiger partial charge in [-0.05, 0) is 63.7 Å². The maximum absolute atomic E-state index is 12.5. The summed E-state index contributed by atoms with van der Waals surface area (Å²) >= 11 is 0. The summed E-state index contributed by atoms with van der Waals surface area (Å²) < 4.78 is 12.1. The van der Waals surface area contributed by atoms with Gasteiger partial charge in [0.15, 0.2) is 0 Å². The number of epoxide rings is 2. The minimum Gasteiger partial charge on any atom is -0.366 e. The summed E-state index contributed by atoms with van der Waals surface area (Å²) in [6.07, 6.45) is 7.11. The van der Waals surface area contributed by atoms with Gasteiger partial charge in [-0.25, -0.2) is 0 Å². The molecule has 0 aromatic rings. The topological polar surface area (TPSA) is 42.1 Å². The lowest BCUT2D eigenvalue weighted by Gasteiger charge is -2.40. The minimum absolute atomic E-state index is 0.0490. The minimum atomic E-state index is 0.0490. The van der Waals surface area contributed by atoms with E-state index in [0.29, 0.717) is 35.7 Å². The number of ether oxygens (including phenoxy) is 2. The molecule has 22 heavy (non-hydrogen) atoms. The van der Waals surface area contributed by atoms with Crippen molar-refractivity contribution in [1.29, 1.82) is 0 Å². The number of carbonyl (C=O) groups is 1. The van der Waals surface area contributed by atoms with Crippen molar-refractivity contribution in [3.63, 3.8) is 0 Å². The van der Waals surface area contributed by atoms with Gasteiger partial charge in [0, 0.05) is 12.3 Å². The Hall–Kier alpha value is -0.410. The zero-order valence-corrected chi connectivity index (χ0v) is 14.4. The molecule has 0 amide bonds. The van der Waals surface area contributed by atoms with E-state index in [9.17, 15) is 4.79 Å². The molecule has 2 saturated carbocycles. The molecule has 2 heterocycles. The Bertz CT molecular complexity index is 489. The van der Waals surface area contributed by atoms with E-state index in [1.165, 1.54) is 0 Å². The highest BCUT2D eigenvalue weighted by Crippen LogP contribution is 2.53. The van der Waals surface area contributed by atoms with Crippen molar-refractivity contribution in [2.75, 3.05) is 0 Å². The van der Waals surface area contributed by atoms with Gasteiger partial charge in [-0.15, -0.1) is 0 Å². The SMILES string of the molecule is CC1C(=O)CC2CC3OC3(C)CCC3OC3(C)CCC1C2C. The molecule has 2 bridgehead atoms. The molecular weight excluding hydrogens is 276 g/mol. The van der Waals surface area contributed by atoms with Crippen LogP contribution >= 0.6 is 0 Å². The van der Waals surface area contributed by atoms with Crippen molar-refractivity contribution in [2.45, 2.75) is 89.6 Å². The van der Waals surface area contributed by atoms with Crippen LogP contribution < -0.4 is 0 Å². The molecule has 8 atom stereocenters. The Morgan fingerprint density at radius 2 is 1.64 bits per heavy atom. The van der Waals surface area contributed by atoms with Crippen molar-refractivity contribution in [2.24, 2.45) is 23.7 Å². The van der Waals surface area contributed by atoms with Gasteiger partial charge in [-0.1, -0.05) is 13.8 Å². The highest BCUT2D eigenvalue weighted by Gasteiger charge is 2.58. The Kier molecular flexibility index (Phi) is 3.30. The van der Waals surface area contributed by atoms with Crippen LogP contribution in [-0.2, 0) is 14.3 Å². The molecule has 2 saturated heterocycles. The fourth-order valence-corrected chi connectivity index (χ4v) is 5.31. The van der Waals surface area contributed by atoms with E-state index in [2.05, 4.69) is 27.7 Å². The molecular formula is C19H30O3. The van der Waals surface area contributed by atoms with Gasteiger partial charge in [-0.2, -0.15) is 0 Å². The number of ketones is 1. The fraction of sp³-hybridized carbons (Fsp3) is 0.947. The van der Waals surface area contributed by atoms with Crippen LogP contribution in [-0.4, -0.2) is 29.2 Å². The molecule has 124 valence electrons. The number of rotatable bonds is 0. The van der Waals surface area contributed by atoms with Crippen molar-refractivity contribution in [3.8, 4) is 0 Å². The lowest BCUT2D eigenvalue weighted by molar-refractivity contribution is -0.130. The van der Waals surface area contributed by atoms with Gasteiger partial charge in [0.1, 0.15) is 5.78 Å². The first-order chi connectivity index (χ1) is 10.3. The molecule has 0 N–H and O–H groups in total. The van der Waals surface area contributed by atoms with Crippen LogP contribution in [0, 0.1) is 23.7 Å². The van der Waals surface area contributed by atoms with E-state index >= 15 is 0 Å². The number of hydrogen-bond donors (Lipinski definition) is 0. The molecule has 0 radical (unpaired) electrons. The Labute approximate surface area is 134 Å². The fourth-order valence-electron chi connectivity index (χ4n) is 5.31. The van der Waals surface area contributed by atoms with E-state index in [1.54, 1.807) is 0 Å². The highest BCUT2D eigenvalue weighted by molar-refractivity contribution is 5.82. The second kappa shape index (κ2) is 4.80. The molecule has 0 aromatic carbocycles. The molecule has 2 aliphatic carbocycles. The summed E-state index contributed by atoms with van der Waals surface area (Å²) in [6.45, 7) is 9.03. The summed E-state index contributed by atoms with van der Waals surface area (Å²) in [5.41, 5.74) is 0.114. The van der Waals surface area contributed by atoms with Crippen LogP contribution in [0.5, 0.6) is 0 Å². The Morgan fingerprint density at radius 3 is 2.41 bits per heavy atom. The Balaban J connectivity index is 1.57. The summed E-state index contributed by atoms with van der Waals surface area (Å²) in [5, 5.41) is 0. The number of hydrogen-bond acceptors (Lipinski definition) is 3. The summed E-state index contributed by atoms with van der Waals surface area (Å²) in [5.74, 6) is 2.37. The number of fused-ring (bicyclic) bond motifs is 4. The molecule has 2 aliphatic heterocycles. The average molecular weight is 306 g/mol. The van der Waals surface area contributed by atoms with Crippen LogP contribution in [0.15, 0.2) is 0 Å². The lowest BCUT2D eigenvalue weighted by Crippen LogP contribution is -2.39. The van der Waals surface area contributed by atoms with Gasteiger partial charge in [0.05, 0.1) is 23.4 Å². The monoisotopic (exact) mass is 306 g/mol. The molecule has 0 aromatic heterocycles. The number of Topliss-reactive ketones (excluding diaryl/α,β-unsaturated/α-hetero) is 1. The molecule has 3 heteroatoms. The Morgan fingerprint density at radius 1 is 1.00 bits per heavy atom. The first-order valence-corrected chi connectivity index (χ1v) is 9.21. The third kappa shape index (κ3) is 2.36. The first kappa shape index (κ1) is 15.1. The zero-order chi connectivity index (χ0) is 15.7. The average Bonchev–Trinajstić information content (AvgIpc) is 3.30.